The molecule has 7 aromatic carbocycles. The zero-order valence-corrected chi connectivity index (χ0v) is 30.8. The number of para-hydroxylation sites is 3. The lowest BCUT2D eigenvalue weighted by atomic mass is 9.98. The van der Waals surface area contributed by atoms with Crippen LogP contribution in [0.5, 0.6) is 11.5 Å². The Kier molecular flexibility index (Phi) is 7.74. The van der Waals surface area contributed by atoms with Crippen LogP contribution in [0.3, 0.4) is 0 Å². The van der Waals surface area contributed by atoms with Crippen molar-refractivity contribution in [3.05, 3.63) is 207 Å². The van der Waals surface area contributed by atoms with Crippen LogP contribution in [0.4, 0.5) is 0 Å². The Labute approximate surface area is 329 Å². The first-order valence-corrected chi connectivity index (χ1v) is 19.1. The van der Waals surface area contributed by atoms with Crippen LogP contribution in [-0.4, -0.2) is 19.1 Å². The van der Waals surface area contributed by atoms with Gasteiger partial charge in [-0.25, -0.2) is 0 Å². The molecule has 0 saturated heterocycles. The topological polar surface area (TPSA) is 44.9 Å². The van der Waals surface area contributed by atoms with Crippen molar-refractivity contribution < 1.29 is 4.74 Å². The predicted molar refractivity (Wildman–Crippen MR) is 234 cm³/mol. The van der Waals surface area contributed by atoms with Gasteiger partial charge in [0.15, 0.2) is 0 Å². The standard InChI is InChI=1S/C52H34N4O/c1-4-17-48-44(13-1)45-14-2-5-18-49(45)55(48)40-25-21-35(22-26-40)38-31-39(34-43(33-38)57-42-12-9-11-37(32-42)47-16-7-8-29-53-47)36-23-27-41(28-24-36)56-50-19-6-3-15-46(50)52-51(56)20-10-30-54-52/h1-34H. The van der Waals surface area contributed by atoms with Crippen LogP contribution in [0.2, 0.25) is 0 Å². The van der Waals surface area contributed by atoms with Crippen molar-refractivity contribution >= 4 is 43.7 Å². The number of fused-ring (bicyclic) bond motifs is 6. The fraction of sp³-hybridized carbons (Fsp3) is 0. The van der Waals surface area contributed by atoms with E-state index < -0.39 is 0 Å². The van der Waals surface area contributed by atoms with E-state index in [1.165, 1.54) is 21.8 Å². The number of rotatable bonds is 7. The number of aromatic nitrogens is 4. The van der Waals surface area contributed by atoms with Crippen LogP contribution in [0.25, 0.3) is 88.6 Å². The summed E-state index contributed by atoms with van der Waals surface area (Å²) in [5.41, 5.74) is 14.0. The fourth-order valence-electron chi connectivity index (χ4n) is 8.25. The number of hydrogen-bond acceptors (Lipinski definition) is 3. The van der Waals surface area contributed by atoms with Crippen molar-refractivity contribution in [1.29, 1.82) is 0 Å². The Hall–Kier alpha value is -7.76. The first-order valence-electron chi connectivity index (χ1n) is 19.1. The molecule has 0 atom stereocenters. The maximum atomic E-state index is 6.68. The van der Waals surface area contributed by atoms with Crippen molar-refractivity contribution in [2.45, 2.75) is 0 Å². The molecule has 268 valence electrons. The molecule has 0 bridgehead atoms. The average molecular weight is 731 g/mol. The molecule has 0 N–H and O–H groups in total. The third-order valence-corrected chi connectivity index (χ3v) is 10.9. The molecule has 0 aliphatic heterocycles. The zero-order chi connectivity index (χ0) is 37.7. The first-order chi connectivity index (χ1) is 28.2. The third-order valence-electron chi connectivity index (χ3n) is 10.9. The summed E-state index contributed by atoms with van der Waals surface area (Å²) in [5, 5.41) is 3.64. The van der Waals surface area contributed by atoms with Crippen molar-refractivity contribution in [2.24, 2.45) is 0 Å². The summed E-state index contributed by atoms with van der Waals surface area (Å²) < 4.78 is 11.3. The second-order valence-electron chi connectivity index (χ2n) is 14.3. The summed E-state index contributed by atoms with van der Waals surface area (Å²) >= 11 is 0. The molecular weight excluding hydrogens is 697 g/mol. The van der Waals surface area contributed by atoms with Gasteiger partial charge in [0, 0.05) is 45.5 Å². The molecule has 0 saturated carbocycles. The Morgan fingerprint density at radius 2 is 0.860 bits per heavy atom. The van der Waals surface area contributed by atoms with Crippen LogP contribution in [0.1, 0.15) is 0 Å². The second kappa shape index (κ2) is 13.5. The summed E-state index contributed by atoms with van der Waals surface area (Å²) in [4.78, 5) is 9.29. The Morgan fingerprint density at radius 1 is 0.333 bits per heavy atom. The van der Waals surface area contributed by atoms with Crippen molar-refractivity contribution in [3.8, 4) is 56.4 Å². The molecule has 0 aliphatic rings. The minimum absolute atomic E-state index is 0.748. The number of ether oxygens (including phenoxy) is 1. The van der Waals surface area contributed by atoms with Crippen LogP contribution in [0, 0.1) is 0 Å². The van der Waals surface area contributed by atoms with Gasteiger partial charge in [0.25, 0.3) is 0 Å². The van der Waals surface area contributed by atoms with E-state index in [-0.39, 0.29) is 0 Å². The lowest BCUT2D eigenvalue weighted by Crippen LogP contribution is -1.94. The molecular formula is C52H34N4O. The Balaban J connectivity index is 1.00. The molecule has 0 spiro atoms. The van der Waals surface area contributed by atoms with Gasteiger partial charge in [0.2, 0.25) is 0 Å². The van der Waals surface area contributed by atoms with Gasteiger partial charge < -0.3 is 13.9 Å². The molecule has 0 radical (unpaired) electrons. The maximum Gasteiger partial charge on any atom is 0.128 e. The summed E-state index contributed by atoms with van der Waals surface area (Å²) in [6.45, 7) is 0. The number of benzene rings is 7. The predicted octanol–water partition coefficient (Wildman–Crippen LogP) is 13.5. The lowest BCUT2D eigenvalue weighted by molar-refractivity contribution is 0.483. The van der Waals surface area contributed by atoms with E-state index in [0.717, 1.165) is 78.3 Å². The molecule has 0 unspecified atom stereocenters. The van der Waals surface area contributed by atoms with Crippen molar-refractivity contribution in [2.75, 3.05) is 0 Å². The van der Waals surface area contributed by atoms with Crippen molar-refractivity contribution in [3.63, 3.8) is 0 Å². The maximum absolute atomic E-state index is 6.68. The van der Waals surface area contributed by atoms with Gasteiger partial charge in [-0.3, -0.25) is 9.97 Å². The molecule has 57 heavy (non-hydrogen) atoms. The van der Waals surface area contributed by atoms with Gasteiger partial charge in [-0.2, -0.15) is 0 Å². The lowest BCUT2D eigenvalue weighted by Gasteiger charge is -2.14. The molecule has 11 aromatic rings. The number of nitrogens with zero attached hydrogens (tertiary/aromatic N) is 4. The van der Waals surface area contributed by atoms with Crippen LogP contribution in [-0.2, 0) is 0 Å². The molecule has 0 aliphatic carbocycles. The van der Waals surface area contributed by atoms with Gasteiger partial charge in [0.1, 0.15) is 11.5 Å². The minimum Gasteiger partial charge on any atom is -0.457 e. The highest BCUT2D eigenvalue weighted by atomic mass is 16.5. The third kappa shape index (κ3) is 5.72. The van der Waals surface area contributed by atoms with E-state index in [4.69, 9.17) is 9.72 Å². The highest BCUT2D eigenvalue weighted by Crippen LogP contribution is 2.38. The van der Waals surface area contributed by atoms with Gasteiger partial charge >= 0.3 is 0 Å². The Morgan fingerprint density at radius 3 is 1.49 bits per heavy atom. The average Bonchev–Trinajstić information content (AvgIpc) is 3.80. The largest absolute Gasteiger partial charge is 0.457 e. The zero-order valence-electron chi connectivity index (χ0n) is 30.8. The van der Waals surface area contributed by atoms with E-state index in [1.807, 2.05) is 54.9 Å². The van der Waals surface area contributed by atoms with E-state index >= 15 is 0 Å². The minimum atomic E-state index is 0.748. The summed E-state index contributed by atoms with van der Waals surface area (Å²) in [6.07, 6.45) is 3.68. The smallest absolute Gasteiger partial charge is 0.128 e. The van der Waals surface area contributed by atoms with E-state index in [1.54, 1.807) is 0 Å². The van der Waals surface area contributed by atoms with Crippen LogP contribution >= 0.6 is 0 Å². The number of pyridine rings is 2. The molecule has 5 nitrogen and oxygen atoms in total. The number of hydrogen-bond donors (Lipinski definition) is 0. The highest BCUT2D eigenvalue weighted by molar-refractivity contribution is 6.09. The van der Waals surface area contributed by atoms with E-state index in [9.17, 15) is 0 Å². The quantitative estimate of drug-likeness (QED) is 0.164. The fourth-order valence-corrected chi connectivity index (χ4v) is 8.25. The van der Waals surface area contributed by atoms with Gasteiger partial charge in [0.05, 0.1) is 33.3 Å². The highest BCUT2D eigenvalue weighted by Gasteiger charge is 2.15. The van der Waals surface area contributed by atoms with Crippen LogP contribution in [0.15, 0.2) is 207 Å². The van der Waals surface area contributed by atoms with Crippen molar-refractivity contribution in [1.82, 2.24) is 19.1 Å². The van der Waals surface area contributed by atoms with Crippen LogP contribution < -0.4 is 4.74 Å². The molecule has 0 amide bonds. The summed E-state index contributed by atoms with van der Waals surface area (Å²) in [5.74, 6) is 1.50. The van der Waals surface area contributed by atoms with Gasteiger partial charge in [-0.05, 0) is 119 Å². The molecule has 4 heterocycles. The van der Waals surface area contributed by atoms with Gasteiger partial charge in [-0.1, -0.05) is 97.1 Å². The van der Waals surface area contributed by atoms with E-state index in [2.05, 4.69) is 166 Å². The normalized spacial score (nSPS) is 11.5. The van der Waals surface area contributed by atoms with E-state index in [0.29, 0.717) is 0 Å². The molecule has 5 heteroatoms. The Bertz CT molecular complexity index is 2970. The monoisotopic (exact) mass is 730 g/mol. The molecule has 4 aromatic heterocycles. The molecule has 0 fully saturated rings. The SMILES string of the molecule is c1ccc(-c2cccc(Oc3cc(-c4ccc(-n5c6ccccc6c6ccccc65)cc4)cc(-c4ccc(-n5c6ccccc6c6ncccc65)cc4)c3)c2)nc1. The summed E-state index contributed by atoms with van der Waals surface area (Å²) in [6, 6.07) is 68.0. The van der Waals surface area contributed by atoms with Gasteiger partial charge in [-0.15, -0.1) is 0 Å². The summed E-state index contributed by atoms with van der Waals surface area (Å²) in [7, 11) is 0. The second-order valence-corrected chi connectivity index (χ2v) is 14.3. The molecule has 11 rings (SSSR count). The first kappa shape index (κ1) is 32.7.